The molecule has 0 aliphatic carbocycles. The van der Waals surface area contributed by atoms with E-state index in [9.17, 15) is 23.5 Å². The molecule has 0 fully saturated rings. The molecule has 6 nitrogen and oxygen atoms in total. The van der Waals surface area contributed by atoms with Gasteiger partial charge in [0.15, 0.2) is 0 Å². The Kier molecular flexibility index (Phi) is 11.2. The van der Waals surface area contributed by atoms with Crippen LogP contribution in [0.1, 0.15) is 36.5 Å². The Morgan fingerprint density at radius 3 is 2.37 bits per heavy atom. The van der Waals surface area contributed by atoms with Crippen LogP contribution in [0.5, 0.6) is 5.75 Å². The fraction of sp³-hybridized carbons (Fsp3) is 0.310. The molecule has 0 unspecified atom stereocenters. The van der Waals surface area contributed by atoms with Gasteiger partial charge in [-0.15, -0.1) is 0 Å². The molecule has 0 spiro atoms. The minimum atomic E-state index is -1.07. The Bertz CT molecular complexity index is 1220. The summed E-state index contributed by atoms with van der Waals surface area (Å²) < 4.78 is 32.7. The zero-order valence-electron chi connectivity index (χ0n) is 21.1. The maximum absolute atomic E-state index is 13.7. The number of halogens is 3. The highest BCUT2D eigenvalue weighted by molar-refractivity contribution is 6.30. The molecule has 3 N–H and O–H groups in total. The van der Waals surface area contributed by atoms with Crippen LogP contribution in [0.4, 0.5) is 8.78 Å². The van der Waals surface area contributed by atoms with Gasteiger partial charge in [0, 0.05) is 30.6 Å². The Labute approximate surface area is 226 Å². The van der Waals surface area contributed by atoms with Crippen LogP contribution in [-0.4, -0.2) is 35.7 Å². The number of ether oxygens (including phenoxy) is 1. The lowest BCUT2D eigenvalue weighted by molar-refractivity contribution is -0.136. The van der Waals surface area contributed by atoms with Crippen molar-refractivity contribution in [3.8, 4) is 5.75 Å². The molecule has 0 bridgehead atoms. The van der Waals surface area contributed by atoms with Crippen molar-refractivity contribution >= 4 is 23.5 Å². The first-order chi connectivity index (χ1) is 18.2. The number of rotatable bonds is 13. The van der Waals surface area contributed by atoms with Crippen LogP contribution in [0.25, 0.3) is 0 Å². The Morgan fingerprint density at radius 2 is 1.66 bits per heavy atom. The largest absolute Gasteiger partial charge is 0.426 e. The van der Waals surface area contributed by atoms with Crippen LogP contribution in [0.3, 0.4) is 0 Å². The number of hydrogen-bond acceptors (Lipinski definition) is 5. The number of nitrogens with one attached hydrogen (secondary N) is 2. The predicted octanol–water partition coefficient (Wildman–Crippen LogP) is 4.74. The lowest BCUT2D eigenvalue weighted by atomic mass is 10.00. The smallest absolute Gasteiger partial charge is 0.311 e. The van der Waals surface area contributed by atoms with E-state index in [-0.39, 0.29) is 37.1 Å². The fourth-order valence-corrected chi connectivity index (χ4v) is 4.12. The fourth-order valence-electron chi connectivity index (χ4n) is 3.94. The molecule has 0 aliphatic heterocycles. The quantitative estimate of drug-likeness (QED) is 0.214. The van der Waals surface area contributed by atoms with Crippen molar-refractivity contribution in [2.45, 2.75) is 51.3 Å². The van der Waals surface area contributed by atoms with Crippen LogP contribution >= 0.6 is 11.6 Å². The topological polar surface area (TPSA) is 87.7 Å². The number of carbonyl (C=O) groups excluding carboxylic acids is 2. The van der Waals surface area contributed by atoms with Crippen molar-refractivity contribution in [3.05, 3.63) is 100 Å². The third-order valence-corrected chi connectivity index (χ3v) is 6.09. The predicted molar refractivity (Wildman–Crippen MR) is 142 cm³/mol. The lowest BCUT2D eigenvalue weighted by Crippen LogP contribution is -2.48. The maximum Gasteiger partial charge on any atom is 0.311 e. The Hall–Kier alpha value is -3.33. The third-order valence-electron chi connectivity index (χ3n) is 5.85. The number of hydrogen-bond donors (Lipinski definition) is 3. The van der Waals surface area contributed by atoms with E-state index in [0.717, 1.165) is 30.2 Å². The number of benzene rings is 3. The summed E-state index contributed by atoms with van der Waals surface area (Å²) in [6.45, 7) is 2.68. The molecular formula is C29H31ClF2N2O4. The summed E-state index contributed by atoms with van der Waals surface area (Å²) in [5.74, 6) is -2.37. The zero-order valence-corrected chi connectivity index (χ0v) is 21.8. The van der Waals surface area contributed by atoms with Gasteiger partial charge in [-0.05, 0) is 59.9 Å². The van der Waals surface area contributed by atoms with Gasteiger partial charge in [0.1, 0.15) is 17.4 Å². The van der Waals surface area contributed by atoms with E-state index >= 15 is 0 Å². The summed E-state index contributed by atoms with van der Waals surface area (Å²) in [6.07, 6.45) is -0.583. The molecular weight excluding hydrogens is 514 g/mol. The Balaban J connectivity index is 1.59. The summed E-state index contributed by atoms with van der Waals surface area (Å²) in [6, 6.07) is 16.6. The molecule has 0 radical (unpaired) electrons. The molecule has 2 atom stereocenters. The number of aliphatic hydroxyl groups excluding tert-OH is 1. The molecule has 0 heterocycles. The second kappa shape index (κ2) is 14.6. The van der Waals surface area contributed by atoms with E-state index in [0.29, 0.717) is 11.6 Å². The van der Waals surface area contributed by atoms with Crippen molar-refractivity contribution in [1.82, 2.24) is 10.6 Å². The standard InChI is InChI=1S/C29H31ClF2N2O4/c1-2-19-5-3-6-20(11-19)17-33-18-27(35)26(14-21-12-23(31)16-24(32)13-21)34-28(36)9-10-29(37)38-25-8-4-7-22(30)15-25/h3-8,11-13,15-16,26-27,33,35H,2,9-10,14,17-18H2,1H3,(H,34,36)/t26-,27+/m0/s1. The number of esters is 1. The molecule has 3 aromatic carbocycles. The van der Waals surface area contributed by atoms with Crippen LogP contribution in [0, 0.1) is 11.6 Å². The van der Waals surface area contributed by atoms with Crippen molar-refractivity contribution in [3.63, 3.8) is 0 Å². The highest BCUT2D eigenvalue weighted by Gasteiger charge is 2.23. The third kappa shape index (κ3) is 9.85. The minimum absolute atomic E-state index is 0.0124. The van der Waals surface area contributed by atoms with Crippen LogP contribution in [-0.2, 0) is 29.0 Å². The van der Waals surface area contributed by atoms with Gasteiger partial charge in [0.25, 0.3) is 0 Å². The first-order valence-electron chi connectivity index (χ1n) is 12.4. The van der Waals surface area contributed by atoms with E-state index in [1.54, 1.807) is 18.2 Å². The Morgan fingerprint density at radius 1 is 0.947 bits per heavy atom. The second-order valence-corrected chi connectivity index (χ2v) is 9.40. The van der Waals surface area contributed by atoms with Gasteiger partial charge >= 0.3 is 5.97 Å². The molecule has 38 heavy (non-hydrogen) atoms. The van der Waals surface area contributed by atoms with Gasteiger partial charge in [-0.2, -0.15) is 0 Å². The van der Waals surface area contributed by atoms with E-state index in [1.165, 1.54) is 11.6 Å². The average molecular weight is 545 g/mol. The van der Waals surface area contributed by atoms with Crippen molar-refractivity contribution in [1.29, 1.82) is 0 Å². The van der Waals surface area contributed by atoms with E-state index in [2.05, 4.69) is 23.6 Å². The molecule has 1 amide bonds. The summed E-state index contributed by atoms with van der Waals surface area (Å²) >= 11 is 5.88. The highest BCUT2D eigenvalue weighted by Crippen LogP contribution is 2.18. The normalized spacial score (nSPS) is 12.6. The molecule has 0 saturated heterocycles. The lowest BCUT2D eigenvalue weighted by Gasteiger charge is -2.25. The summed E-state index contributed by atoms with van der Waals surface area (Å²) in [5, 5.41) is 17.1. The number of amides is 1. The van der Waals surface area contributed by atoms with Gasteiger partial charge in [-0.25, -0.2) is 8.78 Å². The number of aryl methyl sites for hydroxylation is 1. The van der Waals surface area contributed by atoms with Gasteiger partial charge in [0.2, 0.25) is 5.91 Å². The van der Waals surface area contributed by atoms with Gasteiger partial charge in [0.05, 0.1) is 18.6 Å². The van der Waals surface area contributed by atoms with E-state index in [4.69, 9.17) is 16.3 Å². The van der Waals surface area contributed by atoms with Crippen molar-refractivity contribution in [2.24, 2.45) is 0 Å². The summed E-state index contributed by atoms with van der Waals surface area (Å²) in [7, 11) is 0. The first-order valence-corrected chi connectivity index (χ1v) is 12.8. The molecule has 0 aliphatic rings. The molecule has 9 heteroatoms. The molecule has 0 aromatic heterocycles. The SMILES string of the molecule is CCc1cccc(CNC[C@@H](O)[C@H](Cc2cc(F)cc(F)c2)NC(=O)CCC(=O)Oc2cccc(Cl)c2)c1. The number of aliphatic hydroxyl groups is 1. The summed E-state index contributed by atoms with van der Waals surface area (Å²) in [5.41, 5.74) is 2.52. The molecule has 3 aromatic rings. The first kappa shape index (κ1) is 29.2. The van der Waals surface area contributed by atoms with E-state index in [1.807, 2.05) is 18.2 Å². The highest BCUT2D eigenvalue weighted by atomic mass is 35.5. The van der Waals surface area contributed by atoms with Crippen LogP contribution in [0.2, 0.25) is 5.02 Å². The van der Waals surface area contributed by atoms with Gasteiger partial charge < -0.3 is 20.5 Å². The average Bonchev–Trinajstić information content (AvgIpc) is 2.86. The van der Waals surface area contributed by atoms with Crippen LogP contribution in [0.15, 0.2) is 66.7 Å². The zero-order chi connectivity index (χ0) is 27.5. The van der Waals surface area contributed by atoms with Gasteiger partial charge in [-0.3, -0.25) is 9.59 Å². The van der Waals surface area contributed by atoms with E-state index < -0.39 is 35.7 Å². The maximum atomic E-state index is 13.7. The van der Waals surface area contributed by atoms with Crippen molar-refractivity contribution < 1.29 is 28.2 Å². The van der Waals surface area contributed by atoms with Crippen LogP contribution < -0.4 is 15.4 Å². The monoisotopic (exact) mass is 544 g/mol. The molecule has 0 saturated carbocycles. The van der Waals surface area contributed by atoms with Crippen molar-refractivity contribution in [2.75, 3.05) is 6.54 Å². The number of carbonyl (C=O) groups is 2. The minimum Gasteiger partial charge on any atom is -0.426 e. The van der Waals surface area contributed by atoms with Gasteiger partial charge in [-0.1, -0.05) is 48.9 Å². The molecule has 3 rings (SSSR count). The second-order valence-electron chi connectivity index (χ2n) is 8.96. The summed E-state index contributed by atoms with van der Waals surface area (Å²) in [4.78, 5) is 24.8. The molecule has 202 valence electrons.